The number of carbonyl (C=O) groups excluding carboxylic acids is 2. The first-order valence-electron chi connectivity index (χ1n) is 11.8. The van der Waals surface area contributed by atoms with Crippen molar-refractivity contribution in [1.29, 1.82) is 0 Å². The number of nitrogens with zero attached hydrogens (tertiary/aromatic N) is 1. The number of unbranched alkanes of at least 4 members (excludes halogenated alkanes) is 4. The first kappa shape index (κ1) is 20.0. The van der Waals surface area contributed by atoms with Gasteiger partial charge in [-0.1, -0.05) is 38.7 Å². The van der Waals surface area contributed by atoms with Crippen molar-refractivity contribution in [1.82, 2.24) is 4.90 Å². The lowest BCUT2D eigenvalue weighted by Gasteiger charge is -2.57. The minimum absolute atomic E-state index is 0.196. The van der Waals surface area contributed by atoms with E-state index in [4.69, 9.17) is 9.47 Å². The third-order valence-corrected chi connectivity index (χ3v) is 8.08. The molecule has 0 radical (unpaired) electrons. The lowest BCUT2D eigenvalue weighted by atomic mass is 9.52. The van der Waals surface area contributed by atoms with Gasteiger partial charge in [-0.15, -0.1) is 0 Å². The topological polar surface area (TPSA) is 55.8 Å². The zero-order chi connectivity index (χ0) is 20.9. The second kappa shape index (κ2) is 7.67. The highest BCUT2D eigenvalue weighted by Crippen LogP contribution is 2.63. The number of rotatable bonds is 7. The monoisotopic (exact) mass is 411 g/mol. The van der Waals surface area contributed by atoms with Crippen LogP contribution in [-0.4, -0.2) is 42.4 Å². The van der Waals surface area contributed by atoms with E-state index < -0.39 is 6.10 Å². The molecule has 0 aromatic heterocycles. The van der Waals surface area contributed by atoms with Gasteiger partial charge in [0, 0.05) is 29.9 Å². The fraction of sp³-hybridized carbons (Fsp3) is 0.680. The summed E-state index contributed by atoms with van der Waals surface area (Å²) in [4.78, 5) is 27.9. The molecule has 2 fully saturated rings. The van der Waals surface area contributed by atoms with Gasteiger partial charge in [0.15, 0.2) is 23.4 Å². The average Bonchev–Trinajstić information content (AvgIpc) is 3.09. The Morgan fingerprint density at radius 1 is 1.27 bits per heavy atom. The number of likely N-dealkylation sites (N-methyl/N-ethyl adjacent to an activating group) is 1. The number of hydrogen-bond acceptors (Lipinski definition) is 5. The minimum atomic E-state index is -0.407. The molecule has 1 aromatic rings. The summed E-state index contributed by atoms with van der Waals surface area (Å²) >= 11 is 0. The van der Waals surface area contributed by atoms with Crippen LogP contribution in [0.5, 0.6) is 11.5 Å². The first-order valence-corrected chi connectivity index (χ1v) is 11.8. The Bertz CT molecular complexity index is 865. The molecule has 4 aliphatic rings. The van der Waals surface area contributed by atoms with E-state index in [-0.39, 0.29) is 17.2 Å². The predicted octanol–water partition coefficient (Wildman–Crippen LogP) is 4.19. The fourth-order valence-electron chi connectivity index (χ4n) is 6.64. The lowest BCUT2D eigenvalue weighted by Crippen LogP contribution is -2.65. The molecule has 30 heavy (non-hydrogen) atoms. The Morgan fingerprint density at radius 3 is 2.93 bits per heavy atom. The van der Waals surface area contributed by atoms with Crippen LogP contribution in [0, 0.1) is 5.92 Å². The van der Waals surface area contributed by atoms with Crippen molar-refractivity contribution >= 4 is 11.8 Å². The van der Waals surface area contributed by atoms with Gasteiger partial charge < -0.3 is 14.4 Å². The summed E-state index contributed by atoms with van der Waals surface area (Å²) in [5.74, 6) is 1.66. The predicted molar refractivity (Wildman–Crippen MR) is 114 cm³/mol. The number of benzene rings is 1. The van der Waals surface area contributed by atoms with Crippen molar-refractivity contribution in [3.8, 4) is 11.5 Å². The molecular formula is C25H33NO4. The van der Waals surface area contributed by atoms with Crippen LogP contribution in [0.15, 0.2) is 12.1 Å². The summed E-state index contributed by atoms with van der Waals surface area (Å²) in [5, 5.41) is 0. The van der Waals surface area contributed by atoms with Gasteiger partial charge in [0.1, 0.15) is 0 Å². The van der Waals surface area contributed by atoms with E-state index in [0.29, 0.717) is 36.3 Å². The molecule has 0 N–H and O–H groups in total. The van der Waals surface area contributed by atoms with Crippen molar-refractivity contribution in [2.75, 3.05) is 13.6 Å². The van der Waals surface area contributed by atoms with Gasteiger partial charge in [0.05, 0.1) is 0 Å². The van der Waals surface area contributed by atoms with Crippen molar-refractivity contribution < 1.29 is 19.1 Å². The van der Waals surface area contributed by atoms with Crippen LogP contribution in [0.4, 0.5) is 0 Å². The standard InChI is InChI=1S/C25H33NO4/c1-3-4-5-6-7-8-21(28)29-20-12-9-16-15-18-17-10-11-19(27)24-25(17,13-14-26(18)2)22(16)23(20)30-24/h9,12,17-18,24H,3-8,10-11,13-15H2,1-2H3/t17?,18?,24-,25?/m0/s1. The third kappa shape index (κ3) is 2.92. The van der Waals surface area contributed by atoms with Gasteiger partial charge in [0.2, 0.25) is 0 Å². The van der Waals surface area contributed by atoms with E-state index in [2.05, 4.69) is 24.9 Å². The van der Waals surface area contributed by atoms with Crippen LogP contribution in [0.25, 0.3) is 0 Å². The van der Waals surface area contributed by atoms with Gasteiger partial charge >= 0.3 is 5.97 Å². The molecule has 162 valence electrons. The molecule has 5 nitrogen and oxygen atoms in total. The molecule has 0 amide bonds. The zero-order valence-electron chi connectivity index (χ0n) is 18.2. The van der Waals surface area contributed by atoms with Crippen molar-refractivity contribution in [3.05, 3.63) is 23.3 Å². The molecule has 2 heterocycles. The Hall–Kier alpha value is -1.88. The van der Waals surface area contributed by atoms with Gasteiger partial charge in [-0.25, -0.2) is 0 Å². The highest BCUT2D eigenvalue weighted by atomic mass is 16.6. The normalized spacial score (nSPS) is 31.3. The summed E-state index contributed by atoms with van der Waals surface area (Å²) in [5.41, 5.74) is 2.23. The quantitative estimate of drug-likeness (QED) is 0.383. The summed E-state index contributed by atoms with van der Waals surface area (Å²) < 4.78 is 12.2. The van der Waals surface area contributed by atoms with E-state index >= 15 is 0 Å². The summed E-state index contributed by atoms with van der Waals surface area (Å²) in [6.07, 6.45) is 8.99. The van der Waals surface area contributed by atoms with Gasteiger partial charge in [-0.05, 0) is 56.8 Å². The molecule has 1 saturated carbocycles. The molecule has 2 aliphatic carbocycles. The number of likely N-dealkylation sites (tertiary alicyclic amines) is 1. The SMILES string of the molecule is CCCCCCCC(=O)Oc1ccc2c3c1O[C@H]1C(=O)CCC4C(C2)N(C)CCC341. The van der Waals surface area contributed by atoms with E-state index in [9.17, 15) is 9.59 Å². The molecular weight excluding hydrogens is 378 g/mol. The molecule has 5 rings (SSSR count). The Kier molecular flexibility index (Phi) is 5.12. The smallest absolute Gasteiger partial charge is 0.311 e. The van der Waals surface area contributed by atoms with Crippen LogP contribution in [0.2, 0.25) is 0 Å². The number of ketones is 1. The van der Waals surface area contributed by atoms with Gasteiger partial charge in [-0.2, -0.15) is 0 Å². The van der Waals surface area contributed by atoms with Crippen LogP contribution in [0.3, 0.4) is 0 Å². The summed E-state index contributed by atoms with van der Waals surface area (Å²) in [6, 6.07) is 4.46. The Labute approximate surface area is 179 Å². The number of piperidine rings is 1. The second-order valence-corrected chi connectivity index (χ2v) is 9.72. The molecule has 2 bridgehead atoms. The van der Waals surface area contributed by atoms with Crippen molar-refractivity contribution in [2.45, 2.75) is 88.7 Å². The van der Waals surface area contributed by atoms with Gasteiger partial charge in [-0.3, -0.25) is 9.59 Å². The molecule has 5 heteroatoms. The molecule has 1 spiro atoms. The number of ether oxygens (including phenoxy) is 2. The Balaban J connectivity index is 1.43. The third-order valence-electron chi connectivity index (χ3n) is 8.08. The van der Waals surface area contributed by atoms with Crippen LogP contribution in [0.1, 0.15) is 75.8 Å². The number of carbonyl (C=O) groups is 2. The second-order valence-electron chi connectivity index (χ2n) is 9.72. The Morgan fingerprint density at radius 2 is 2.10 bits per heavy atom. The maximum Gasteiger partial charge on any atom is 0.311 e. The van der Waals surface area contributed by atoms with E-state index in [0.717, 1.165) is 38.6 Å². The van der Waals surface area contributed by atoms with Crippen LogP contribution < -0.4 is 9.47 Å². The van der Waals surface area contributed by atoms with Crippen molar-refractivity contribution in [3.63, 3.8) is 0 Å². The highest BCUT2D eigenvalue weighted by Gasteiger charge is 2.65. The average molecular weight is 412 g/mol. The van der Waals surface area contributed by atoms with E-state index in [1.165, 1.54) is 30.4 Å². The van der Waals surface area contributed by atoms with Crippen LogP contribution in [-0.2, 0) is 21.4 Å². The zero-order valence-corrected chi connectivity index (χ0v) is 18.2. The van der Waals surface area contributed by atoms with Crippen LogP contribution >= 0.6 is 0 Å². The lowest BCUT2D eigenvalue weighted by molar-refractivity contribution is -0.138. The maximum absolute atomic E-state index is 12.9. The minimum Gasteiger partial charge on any atom is -0.477 e. The highest BCUT2D eigenvalue weighted by molar-refractivity contribution is 5.89. The number of Topliss-reactive ketones (excluding diaryl/α,β-unsaturated/α-hetero) is 1. The maximum atomic E-state index is 12.9. The molecule has 1 saturated heterocycles. The van der Waals surface area contributed by atoms with E-state index in [1.54, 1.807) is 0 Å². The summed E-state index contributed by atoms with van der Waals surface area (Å²) in [7, 11) is 2.21. The summed E-state index contributed by atoms with van der Waals surface area (Å²) in [6.45, 7) is 3.17. The molecule has 1 aromatic carbocycles. The largest absolute Gasteiger partial charge is 0.477 e. The first-order chi connectivity index (χ1) is 14.6. The molecule has 3 unspecified atom stereocenters. The molecule has 4 atom stereocenters. The van der Waals surface area contributed by atoms with E-state index in [1.807, 2.05) is 6.07 Å². The number of hydrogen-bond donors (Lipinski definition) is 0. The van der Waals surface area contributed by atoms with Gasteiger partial charge in [0.25, 0.3) is 0 Å². The fourth-order valence-corrected chi connectivity index (χ4v) is 6.64. The van der Waals surface area contributed by atoms with Crippen molar-refractivity contribution in [2.24, 2.45) is 5.92 Å². The molecule has 2 aliphatic heterocycles. The number of esters is 1.